The first-order valence-electron chi connectivity index (χ1n) is 9.12. The van der Waals surface area contributed by atoms with Crippen molar-refractivity contribution >= 4 is 21.6 Å². The number of hydrogen-bond donors (Lipinski definition) is 1. The number of amides is 1. The maximum atomic E-state index is 13.2. The minimum atomic E-state index is -3.62. The van der Waals surface area contributed by atoms with Gasteiger partial charge in [-0.15, -0.1) is 0 Å². The number of carbonyl (C=O) groups excluding carboxylic acids is 1. The summed E-state index contributed by atoms with van der Waals surface area (Å²) in [5.41, 5.74) is 1.18. The maximum Gasteiger partial charge on any atom is 0.246 e. The highest BCUT2D eigenvalue weighted by Crippen LogP contribution is 2.31. The fourth-order valence-corrected chi connectivity index (χ4v) is 4.85. The molecular weight excluding hydrogens is 383 g/mol. The monoisotopic (exact) mass is 406 g/mol. The molecule has 2 aromatic rings. The number of anilines is 1. The highest BCUT2D eigenvalue weighted by atomic mass is 32.2. The van der Waals surface area contributed by atoms with Crippen molar-refractivity contribution < 1.29 is 22.3 Å². The fourth-order valence-electron chi connectivity index (χ4n) is 3.20. The second-order valence-electron chi connectivity index (χ2n) is 6.65. The van der Waals surface area contributed by atoms with Crippen LogP contribution in [0, 0.1) is 5.82 Å². The molecule has 3 rings (SSSR count). The number of nitrogens with one attached hydrogen (secondary N) is 1. The van der Waals surface area contributed by atoms with Crippen LogP contribution in [0.4, 0.5) is 10.1 Å². The van der Waals surface area contributed by atoms with Crippen LogP contribution in [0.25, 0.3) is 0 Å². The number of hydrogen-bond acceptors (Lipinski definition) is 4. The van der Waals surface area contributed by atoms with E-state index in [1.807, 2.05) is 0 Å². The molecule has 2 aromatic carbocycles. The number of nitrogens with zero attached hydrogens (tertiary/aromatic N) is 1. The first kappa shape index (κ1) is 20.3. The number of aryl methyl sites for hydroxylation is 1. The molecule has 150 valence electrons. The van der Waals surface area contributed by atoms with E-state index in [1.54, 1.807) is 18.2 Å². The van der Waals surface area contributed by atoms with E-state index >= 15 is 0 Å². The van der Waals surface area contributed by atoms with Crippen molar-refractivity contribution in [2.45, 2.75) is 30.6 Å². The summed E-state index contributed by atoms with van der Waals surface area (Å²) in [6.07, 6.45) is 2.28. The van der Waals surface area contributed by atoms with Crippen LogP contribution in [-0.2, 0) is 21.2 Å². The summed E-state index contributed by atoms with van der Waals surface area (Å²) >= 11 is 0. The molecular formula is C20H23FN2O4S. The molecule has 0 atom stereocenters. The third kappa shape index (κ3) is 4.69. The molecule has 0 bridgehead atoms. The van der Waals surface area contributed by atoms with Gasteiger partial charge < -0.3 is 10.1 Å². The van der Waals surface area contributed by atoms with Gasteiger partial charge in [0.2, 0.25) is 15.9 Å². The molecule has 1 saturated heterocycles. The van der Waals surface area contributed by atoms with Crippen LogP contribution in [0.1, 0.15) is 24.8 Å². The van der Waals surface area contributed by atoms with Crippen LogP contribution in [0.15, 0.2) is 47.4 Å². The molecule has 0 saturated carbocycles. The van der Waals surface area contributed by atoms with E-state index in [1.165, 1.54) is 35.7 Å². The third-order valence-electron chi connectivity index (χ3n) is 4.66. The maximum absolute atomic E-state index is 13.2. The molecule has 0 aromatic heterocycles. The van der Waals surface area contributed by atoms with E-state index in [2.05, 4.69) is 5.32 Å². The van der Waals surface area contributed by atoms with E-state index in [9.17, 15) is 17.6 Å². The topological polar surface area (TPSA) is 75.7 Å². The zero-order valence-electron chi connectivity index (χ0n) is 15.7. The minimum Gasteiger partial charge on any atom is -0.495 e. The Morgan fingerprint density at radius 2 is 1.93 bits per heavy atom. The number of benzene rings is 2. The van der Waals surface area contributed by atoms with E-state index in [-0.39, 0.29) is 28.8 Å². The zero-order valence-corrected chi connectivity index (χ0v) is 16.5. The number of carbonyl (C=O) groups is 1. The highest BCUT2D eigenvalue weighted by molar-refractivity contribution is 7.89. The van der Waals surface area contributed by atoms with Gasteiger partial charge in [0.05, 0.1) is 7.11 Å². The van der Waals surface area contributed by atoms with Crippen molar-refractivity contribution in [1.82, 2.24) is 4.31 Å². The van der Waals surface area contributed by atoms with E-state index in [0.29, 0.717) is 25.2 Å². The molecule has 1 aliphatic rings. The lowest BCUT2D eigenvalue weighted by atomic mass is 10.1. The molecule has 0 spiro atoms. The first-order valence-corrected chi connectivity index (χ1v) is 10.6. The van der Waals surface area contributed by atoms with Gasteiger partial charge in [-0.1, -0.05) is 12.1 Å². The van der Waals surface area contributed by atoms with E-state index < -0.39 is 10.0 Å². The number of methoxy groups -OCH3 is 1. The summed E-state index contributed by atoms with van der Waals surface area (Å²) in [4.78, 5) is 12.3. The normalized spacial score (nSPS) is 14.8. The van der Waals surface area contributed by atoms with Gasteiger partial charge in [-0.2, -0.15) is 4.31 Å². The van der Waals surface area contributed by atoms with Crippen molar-refractivity contribution in [2.24, 2.45) is 0 Å². The van der Waals surface area contributed by atoms with Gasteiger partial charge in [-0.3, -0.25) is 4.79 Å². The third-order valence-corrected chi connectivity index (χ3v) is 6.60. The lowest BCUT2D eigenvalue weighted by Gasteiger charge is -2.18. The van der Waals surface area contributed by atoms with Gasteiger partial charge in [-0.25, -0.2) is 12.8 Å². The second kappa shape index (κ2) is 8.70. The van der Waals surface area contributed by atoms with Gasteiger partial charge in [0.15, 0.2) is 0 Å². The second-order valence-corrected chi connectivity index (χ2v) is 8.56. The molecule has 6 nitrogen and oxygen atoms in total. The Morgan fingerprint density at radius 1 is 1.18 bits per heavy atom. The standard InChI is InChI=1S/C20H23FN2O4S/c1-27-18-14-17(8-9-19(18)28(25,26)23-11-2-3-12-23)22-20(24)10-7-15-5-4-6-16(21)13-15/h4-6,8-9,13-14H,2-3,7,10-12H2,1H3,(H,22,24). The molecule has 1 aliphatic heterocycles. The predicted molar refractivity (Wildman–Crippen MR) is 104 cm³/mol. The van der Waals surface area contributed by atoms with Gasteiger partial charge in [-0.05, 0) is 49.1 Å². The molecule has 1 heterocycles. The number of ether oxygens (including phenoxy) is 1. The van der Waals surface area contributed by atoms with Gasteiger partial charge in [0, 0.05) is 31.3 Å². The molecule has 0 radical (unpaired) electrons. The van der Waals surface area contributed by atoms with Crippen LogP contribution in [0.5, 0.6) is 5.75 Å². The van der Waals surface area contributed by atoms with Crippen LogP contribution in [0.2, 0.25) is 0 Å². The van der Waals surface area contributed by atoms with Crippen molar-refractivity contribution in [3.8, 4) is 5.75 Å². The Labute approximate surface area is 164 Å². The molecule has 1 N–H and O–H groups in total. The fraction of sp³-hybridized carbons (Fsp3) is 0.350. The van der Waals surface area contributed by atoms with Gasteiger partial charge in [0.25, 0.3) is 0 Å². The SMILES string of the molecule is COc1cc(NC(=O)CCc2cccc(F)c2)ccc1S(=O)(=O)N1CCCC1. The van der Waals surface area contributed by atoms with Crippen molar-refractivity contribution in [3.63, 3.8) is 0 Å². The molecule has 28 heavy (non-hydrogen) atoms. The number of rotatable bonds is 7. The quantitative estimate of drug-likeness (QED) is 0.766. The van der Waals surface area contributed by atoms with E-state index in [4.69, 9.17) is 4.74 Å². The molecule has 0 unspecified atom stereocenters. The summed E-state index contributed by atoms with van der Waals surface area (Å²) in [6.45, 7) is 1.01. The Balaban J connectivity index is 1.68. The summed E-state index contributed by atoms with van der Waals surface area (Å²) in [5.74, 6) is -0.395. The number of halogens is 1. The summed E-state index contributed by atoms with van der Waals surface area (Å²) in [7, 11) is -2.22. The average molecular weight is 406 g/mol. The van der Waals surface area contributed by atoms with Gasteiger partial charge in [0.1, 0.15) is 16.5 Å². The van der Waals surface area contributed by atoms with Crippen molar-refractivity contribution in [3.05, 3.63) is 53.8 Å². The average Bonchev–Trinajstić information content (AvgIpc) is 3.22. The van der Waals surface area contributed by atoms with Gasteiger partial charge >= 0.3 is 0 Å². The van der Waals surface area contributed by atoms with Crippen LogP contribution in [0.3, 0.4) is 0 Å². The lowest BCUT2D eigenvalue weighted by molar-refractivity contribution is -0.116. The minimum absolute atomic E-state index is 0.0923. The summed E-state index contributed by atoms with van der Waals surface area (Å²) < 4.78 is 45.4. The Kier molecular flexibility index (Phi) is 6.31. The molecule has 1 amide bonds. The molecule has 8 heteroatoms. The summed E-state index contributed by atoms with van der Waals surface area (Å²) in [5, 5.41) is 2.73. The van der Waals surface area contributed by atoms with Crippen LogP contribution < -0.4 is 10.1 Å². The zero-order chi connectivity index (χ0) is 20.1. The summed E-state index contributed by atoms with van der Waals surface area (Å²) in [6, 6.07) is 10.6. The van der Waals surface area contributed by atoms with E-state index in [0.717, 1.165) is 18.4 Å². The van der Waals surface area contributed by atoms with Crippen molar-refractivity contribution in [1.29, 1.82) is 0 Å². The predicted octanol–water partition coefficient (Wildman–Crippen LogP) is 3.19. The number of sulfonamides is 1. The molecule has 1 fully saturated rings. The molecule has 0 aliphatic carbocycles. The smallest absolute Gasteiger partial charge is 0.246 e. The Morgan fingerprint density at radius 3 is 2.61 bits per heavy atom. The van der Waals surface area contributed by atoms with Crippen molar-refractivity contribution in [2.75, 3.05) is 25.5 Å². The van der Waals surface area contributed by atoms with Crippen LogP contribution in [-0.4, -0.2) is 38.8 Å². The largest absolute Gasteiger partial charge is 0.495 e. The Bertz CT molecular complexity index is 956. The van der Waals surface area contributed by atoms with Crippen LogP contribution >= 0.6 is 0 Å². The Hall–Kier alpha value is -2.45. The lowest BCUT2D eigenvalue weighted by Crippen LogP contribution is -2.28. The highest BCUT2D eigenvalue weighted by Gasteiger charge is 2.30. The first-order chi connectivity index (χ1) is 13.4.